The highest BCUT2D eigenvalue weighted by Gasteiger charge is 2.36. The van der Waals surface area contributed by atoms with Crippen molar-refractivity contribution >= 4 is 33.0 Å². The molecule has 0 saturated carbocycles. The summed E-state index contributed by atoms with van der Waals surface area (Å²) in [5.74, 6) is -2.44. The van der Waals surface area contributed by atoms with Crippen molar-refractivity contribution in [3.63, 3.8) is 0 Å². The van der Waals surface area contributed by atoms with Gasteiger partial charge in [0.25, 0.3) is 6.01 Å². The number of hydrogen-bond donors (Lipinski definition) is 0. The van der Waals surface area contributed by atoms with Gasteiger partial charge >= 0.3 is 0 Å². The average Bonchev–Trinajstić information content (AvgIpc) is 3.28. The first kappa shape index (κ1) is 22.7. The number of anilines is 1. The summed E-state index contributed by atoms with van der Waals surface area (Å²) >= 11 is 0. The number of rotatable bonds is 4. The molecule has 3 heterocycles. The molecule has 180 valence electrons. The van der Waals surface area contributed by atoms with Crippen LogP contribution in [0.25, 0.3) is 11.1 Å². The topological polar surface area (TPSA) is 87.0 Å². The summed E-state index contributed by atoms with van der Waals surface area (Å²) in [4.78, 5) is 20.3. The molecule has 8 nitrogen and oxygen atoms in total. The molecule has 0 spiro atoms. The van der Waals surface area contributed by atoms with Gasteiger partial charge in [-0.25, -0.2) is 17.2 Å². The van der Waals surface area contributed by atoms with Crippen molar-refractivity contribution in [2.45, 2.75) is 17.7 Å². The number of benzene rings is 2. The van der Waals surface area contributed by atoms with Crippen molar-refractivity contribution in [2.24, 2.45) is 5.92 Å². The second-order valence-electron chi connectivity index (χ2n) is 8.51. The van der Waals surface area contributed by atoms with E-state index in [-0.39, 0.29) is 38.0 Å². The van der Waals surface area contributed by atoms with Crippen LogP contribution in [0, 0.1) is 17.6 Å². The van der Waals surface area contributed by atoms with Crippen LogP contribution in [0.3, 0.4) is 0 Å². The number of piperazine rings is 1. The Balaban J connectivity index is 1.18. The zero-order valence-corrected chi connectivity index (χ0v) is 19.2. The maximum absolute atomic E-state index is 14.0. The van der Waals surface area contributed by atoms with E-state index in [0.717, 1.165) is 33.6 Å². The van der Waals surface area contributed by atoms with E-state index in [4.69, 9.17) is 4.42 Å². The van der Waals surface area contributed by atoms with Crippen molar-refractivity contribution in [2.75, 3.05) is 44.2 Å². The van der Waals surface area contributed by atoms with E-state index >= 15 is 0 Å². The van der Waals surface area contributed by atoms with Crippen LogP contribution in [0.5, 0.6) is 0 Å². The fourth-order valence-corrected chi connectivity index (χ4v) is 6.11. The molecule has 2 aliphatic rings. The summed E-state index contributed by atoms with van der Waals surface area (Å²) in [6.07, 6.45) is 1.27. The number of oxazole rings is 1. The molecule has 34 heavy (non-hydrogen) atoms. The number of para-hydroxylation sites is 2. The van der Waals surface area contributed by atoms with Gasteiger partial charge in [0.2, 0.25) is 15.9 Å². The van der Waals surface area contributed by atoms with Gasteiger partial charge in [-0.15, -0.1) is 0 Å². The molecule has 2 fully saturated rings. The van der Waals surface area contributed by atoms with Gasteiger partial charge < -0.3 is 14.2 Å². The Morgan fingerprint density at radius 3 is 2.21 bits per heavy atom. The van der Waals surface area contributed by atoms with Crippen LogP contribution >= 0.6 is 0 Å². The third-order valence-electron chi connectivity index (χ3n) is 6.46. The number of piperidine rings is 1. The molecule has 2 saturated heterocycles. The number of aromatic nitrogens is 1. The van der Waals surface area contributed by atoms with Gasteiger partial charge in [-0.3, -0.25) is 4.79 Å². The molecule has 1 amide bonds. The van der Waals surface area contributed by atoms with Crippen LogP contribution in [0.2, 0.25) is 0 Å². The maximum Gasteiger partial charge on any atom is 0.298 e. The van der Waals surface area contributed by atoms with E-state index in [0.29, 0.717) is 31.9 Å². The lowest BCUT2D eigenvalue weighted by Gasteiger charge is -2.37. The number of amides is 1. The Morgan fingerprint density at radius 2 is 1.56 bits per heavy atom. The molecule has 3 aromatic rings. The Kier molecular flexibility index (Phi) is 5.98. The minimum absolute atomic E-state index is 0.0103. The van der Waals surface area contributed by atoms with E-state index in [9.17, 15) is 22.0 Å². The van der Waals surface area contributed by atoms with Crippen molar-refractivity contribution in [1.29, 1.82) is 0 Å². The Labute approximate surface area is 195 Å². The molecule has 1 aromatic heterocycles. The molecule has 2 aromatic carbocycles. The monoisotopic (exact) mass is 490 g/mol. The SMILES string of the molecule is O=C(C1CCN(c2nc3ccccc3o2)CC1)N1CCN(S(=O)(=O)c2c(F)cccc2F)CC1. The van der Waals surface area contributed by atoms with E-state index < -0.39 is 26.6 Å². The molecule has 2 aliphatic heterocycles. The summed E-state index contributed by atoms with van der Waals surface area (Å²) < 4.78 is 60.5. The molecule has 0 aliphatic carbocycles. The fourth-order valence-electron chi connectivity index (χ4n) is 4.58. The van der Waals surface area contributed by atoms with Gasteiger partial charge in [-0.05, 0) is 37.1 Å². The molecule has 0 unspecified atom stereocenters. The first-order valence-corrected chi connectivity index (χ1v) is 12.6. The van der Waals surface area contributed by atoms with Gasteiger partial charge in [-0.2, -0.15) is 9.29 Å². The van der Waals surface area contributed by atoms with Gasteiger partial charge in [0.05, 0.1) is 0 Å². The molecule has 11 heteroatoms. The minimum Gasteiger partial charge on any atom is -0.423 e. The molecule has 5 rings (SSSR count). The second kappa shape index (κ2) is 8.95. The molecule has 0 radical (unpaired) electrons. The lowest BCUT2D eigenvalue weighted by atomic mass is 9.95. The van der Waals surface area contributed by atoms with E-state index in [1.807, 2.05) is 29.2 Å². The lowest BCUT2D eigenvalue weighted by Crippen LogP contribution is -2.53. The molecule has 0 atom stereocenters. The van der Waals surface area contributed by atoms with Crippen molar-refractivity contribution in [3.05, 3.63) is 54.1 Å². The van der Waals surface area contributed by atoms with Crippen molar-refractivity contribution in [3.8, 4) is 0 Å². The fraction of sp³-hybridized carbons (Fsp3) is 0.391. The van der Waals surface area contributed by atoms with E-state index in [1.54, 1.807) is 4.90 Å². The third-order valence-corrected chi connectivity index (χ3v) is 8.42. The molecule has 0 N–H and O–H groups in total. The summed E-state index contributed by atoms with van der Waals surface area (Å²) in [7, 11) is -4.33. The number of halogens is 2. The van der Waals surface area contributed by atoms with Crippen LogP contribution in [0.1, 0.15) is 12.8 Å². The van der Waals surface area contributed by atoms with Crippen molar-refractivity contribution < 1.29 is 26.4 Å². The smallest absolute Gasteiger partial charge is 0.298 e. The van der Waals surface area contributed by atoms with E-state index in [2.05, 4.69) is 4.98 Å². The normalized spacial score (nSPS) is 18.5. The van der Waals surface area contributed by atoms with Crippen LogP contribution in [-0.4, -0.2) is 67.8 Å². The predicted octanol–water partition coefficient (Wildman–Crippen LogP) is 2.86. The Morgan fingerprint density at radius 1 is 0.912 bits per heavy atom. The van der Waals surface area contributed by atoms with Crippen LogP contribution < -0.4 is 4.90 Å². The highest BCUT2D eigenvalue weighted by molar-refractivity contribution is 7.89. The average molecular weight is 491 g/mol. The first-order chi connectivity index (χ1) is 16.3. The van der Waals surface area contributed by atoms with E-state index in [1.165, 1.54) is 0 Å². The summed E-state index contributed by atoms with van der Waals surface area (Å²) in [6.45, 7) is 1.60. The van der Waals surface area contributed by atoms with Crippen LogP contribution in [0.15, 0.2) is 51.8 Å². The molecular weight excluding hydrogens is 466 g/mol. The second-order valence-corrected chi connectivity index (χ2v) is 10.4. The number of carbonyl (C=O) groups excluding carboxylic acids is 1. The largest absolute Gasteiger partial charge is 0.423 e. The third kappa shape index (κ3) is 4.14. The van der Waals surface area contributed by atoms with Gasteiger partial charge in [0, 0.05) is 45.2 Å². The number of hydrogen-bond acceptors (Lipinski definition) is 6. The van der Waals surface area contributed by atoms with Gasteiger partial charge in [-0.1, -0.05) is 18.2 Å². The first-order valence-electron chi connectivity index (χ1n) is 11.2. The number of nitrogens with zero attached hydrogens (tertiary/aromatic N) is 4. The summed E-state index contributed by atoms with van der Waals surface area (Å²) in [6, 6.07) is 11.0. The maximum atomic E-state index is 14.0. The predicted molar refractivity (Wildman–Crippen MR) is 121 cm³/mol. The number of fused-ring (bicyclic) bond motifs is 1. The van der Waals surface area contributed by atoms with Crippen LogP contribution in [0.4, 0.5) is 14.8 Å². The highest BCUT2D eigenvalue weighted by Crippen LogP contribution is 2.28. The summed E-state index contributed by atoms with van der Waals surface area (Å²) in [5, 5.41) is 0. The van der Waals surface area contributed by atoms with Gasteiger partial charge in [0.15, 0.2) is 10.5 Å². The zero-order chi connectivity index (χ0) is 23.9. The highest BCUT2D eigenvalue weighted by atomic mass is 32.2. The Bertz CT molecular complexity index is 1260. The van der Waals surface area contributed by atoms with Gasteiger partial charge in [0.1, 0.15) is 17.2 Å². The molecule has 0 bridgehead atoms. The quantitative estimate of drug-likeness (QED) is 0.559. The molecular formula is C23H24F2N4O4S. The number of carbonyl (C=O) groups is 1. The van der Waals surface area contributed by atoms with Crippen LogP contribution in [-0.2, 0) is 14.8 Å². The number of sulfonamides is 1. The zero-order valence-electron chi connectivity index (χ0n) is 18.4. The van der Waals surface area contributed by atoms with Crippen molar-refractivity contribution in [1.82, 2.24) is 14.2 Å². The summed E-state index contributed by atoms with van der Waals surface area (Å²) in [5.41, 5.74) is 1.51. The minimum atomic E-state index is -4.33. The lowest BCUT2D eigenvalue weighted by molar-refractivity contribution is -0.137. The Hall–Kier alpha value is -3.05. The standard InChI is InChI=1S/C23H24F2N4O4S/c24-17-4-3-5-18(25)21(17)34(31,32)29-14-12-27(13-15-29)22(30)16-8-10-28(11-9-16)23-26-19-6-1-2-7-20(19)33-23/h1-7,16H,8-15H2.